The molecule has 0 bridgehead atoms. The third-order valence-corrected chi connectivity index (χ3v) is 5.70. The van der Waals surface area contributed by atoms with Gasteiger partial charge in [-0.2, -0.15) is 0 Å². The third-order valence-electron chi connectivity index (χ3n) is 5.70. The zero-order valence-corrected chi connectivity index (χ0v) is 15.6. The Kier molecular flexibility index (Phi) is 5.97. The lowest BCUT2D eigenvalue weighted by Crippen LogP contribution is -2.31. The maximum absolute atomic E-state index is 5.99. The van der Waals surface area contributed by atoms with E-state index < -0.39 is 0 Å². The van der Waals surface area contributed by atoms with Gasteiger partial charge in [0.1, 0.15) is 12.1 Å². The van der Waals surface area contributed by atoms with E-state index in [-0.39, 0.29) is 0 Å². The Labute approximate surface area is 156 Å². The van der Waals surface area contributed by atoms with Crippen LogP contribution in [0.3, 0.4) is 0 Å². The molecule has 2 aliphatic heterocycles. The number of rotatable bonds is 6. The van der Waals surface area contributed by atoms with Crippen LogP contribution in [0, 0.1) is 0 Å². The molecule has 0 atom stereocenters. The molecule has 5 heteroatoms. The van der Waals surface area contributed by atoms with Crippen LogP contribution in [-0.4, -0.2) is 54.2 Å². The SMILES string of the molecule is c1nc(C2CCNCC2)c2ccc(OCCCN3CCCCC3)cc2n1. The number of nitrogens with one attached hydrogen (secondary N) is 1. The maximum atomic E-state index is 5.99. The van der Waals surface area contributed by atoms with Crippen LogP contribution in [0.4, 0.5) is 0 Å². The van der Waals surface area contributed by atoms with Crippen LogP contribution >= 0.6 is 0 Å². The molecule has 3 heterocycles. The first kappa shape index (κ1) is 17.7. The van der Waals surface area contributed by atoms with Crippen LogP contribution in [0.1, 0.15) is 50.1 Å². The minimum atomic E-state index is 0.540. The van der Waals surface area contributed by atoms with E-state index in [1.165, 1.54) is 43.4 Å². The summed E-state index contributed by atoms with van der Waals surface area (Å²) >= 11 is 0. The highest BCUT2D eigenvalue weighted by Crippen LogP contribution is 2.30. The summed E-state index contributed by atoms with van der Waals surface area (Å²) < 4.78 is 5.99. The molecule has 26 heavy (non-hydrogen) atoms. The number of hydrogen-bond acceptors (Lipinski definition) is 5. The second-order valence-corrected chi connectivity index (χ2v) is 7.57. The van der Waals surface area contributed by atoms with Crippen molar-refractivity contribution in [2.75, 3.05) is 39.3 Å². The Balaban J connectivity index is 1.36. The molecule has 0 spiro atoms. The van der Waals surface area contributed by atoms with Crippen LogP contribution in [0.25, 0.3) is 10.9 Å². The standard InChI is InChI=1S/C21H30N4O/c1-2-11-25(12-3-1)13-4-14-26-18-5-6-19-20(15-18)23-16-24-21(19)17-7-9-22-10-8-17/h5-6,15-17,22H,1-4,7-14H2. The molecule has 0 unspecified atom stereocenters. The fourth-order valence-electron chi connectivity index (χ4n) is 4.23. The molecule has 2 fully saturated rings. The van der Waals surface area contributed by atoms with E-state index in [9.17, 15) is 0 Å². The van der Waals surface area contributed by atoms with Gasteiger partial charge in [0.15, 0.2) is 0 Å². The van der Waals surface area contributed by atoms with Crippen LogP contribution in [0.15, 0.2) is 24.5 Å². The topological polar surface area (TPSA) is 50.3 Å². The Morgan fingerprint density at radius 3 is 2.77 bits per heavy atom. The van der Waals surface area contributed by atoms with Crippen LogP contribution in [-0.2, 0) is 0 Å². The Bertz CT molecular complexity index is 708. The number of aromatic nitrogens is 2. The second kappa shape index (κ2) is 8.78. The first-order valence-corrected chi connectivity index (χ1v) is 10.2. The molecule has 2 saturated heterocycles. The highest BCUT2D eigenvalue weighted by atomic mass is 16.5. The minimum Gasteiger partial charge on any atom is -0.493 e. The Morgan fingerprint density at radius 1 is 1.08 bits per heavy atom. The summed E-state index contributed by atoms with van der Waals surface area (Å²) in [5.74, 6) is 1.46. The molecule has 0 saturated carbocycles. The summed E-state index contributed by atoms with van der Waals surface area (Å²) in [5, 5.41) is 4.61. The lowest BCUT2D eigenvalue weighted by atomic mass is 9.92. The number of likely N-dealkylation sites (tertiary alicyclic amines) is 1. The van der Waals surface area contributed by atoms with Gasteiger partial charge in [0, 0.05) is 23.9 Å². The largest absolute Gasteiger partial charge is 0.493 e. The Hall–Kier alpha value is -1.72. The van der Waals surface area contributed by atoms with Gasteiger partial charge in [0.2, 0.25) is 0 Å². The van der Waals surface area contributed by atoms with Crippen LogP contribution < -0.4 is 10.1 Å². The number of piperidine rings is 2. The minimum absolute atomic E-state index is 0.540. The van der Waals surface area contributed by atoms with E-state index in [1.54, 1.807) is 6.33 Å². The average molecular weight is 354 g/mol. The fourth-order valence-corrected chi connectivity index (χ4v) is 4.23. The van der Waals surface area contributed by atoms with Gasteiger partial charge in [-0.05, 0) is 70.4 Å². The number of benzene rings is 1. The molecule has 140 valence electrons. The van der Waals surface area contributed by atoms with Crippen molar-refractivity contribution < 1.29 is 4.74 Å². The van der Waals surface area contributed by atoms with Crippen molar-refractivity contribution in [2.45, 2.75) is 44.4 Å². The fraction of sp³-hybridized carbons (Fsp3) is 0.619. The van der Waals surface area contributed by atoms with Crippen molar-refractivity contribution in [2.24, 2.45) is 0 Å². The molecule has 1 aromatic carbocycles. The van der Waals surface area contributed by atoms with E-state index >= 15 is 0 Å². The van der Waals surface area contributed by atoms with E-state index in [1.807, 2.05) is 0 Å². The molecule has 4 rings (SSSR count). The lowest BCUT2D eigenvalue weighted by Gasteiger charge is -2.26. The first-order valence-electron chi connectivity index (χ1n) is 10.2. The van der Waals surface area contributed by atoms with Gasteiger partial charge < -0.3 is 15.0 Å². The van der Waals surface area contributed by atoms with Crippen molar-refractivity contribution in [3.63, 3.8) is 0 Å². The average Bonchev–Trinajstić information content (AvgIpc) is 2.72. The molecule has 2 aromatic rings. The zero-order valence-electron chi connectivity index (χ0n) is 15.6. The number of fused-ring (bicyclic) bond motifs is 1. The summed E-state index contributed by atoms with van der Waals surface area (Å²) in [7, 11) is 0. The van der Waals surface area contributed by atoms with E-state index in [0.29, 0.717) is 5.92 Å². The number of hydrogen-bond donors (Lipinski definition) is 1. The molecule has 5 nitrogen and oxygen atoms in total. The number of ether oxygens (including phenoxy) is 1. The predicted molar refractivity (Wildman–Crippen MR) is 105 cm³/mol. The van der Waals surface area contributed by atoms with Crippen molar-refractivity contribution in [1.29, 1.82) is 0 Å². The van der Waals surface area contributed by atoms with Crippen molar-refractivity contribution >= 4 is 10.9 Å². The van der Waals surface area contributed by atoms with E-state index in [2.05, 4.69) is 38.4 Å². The van der Waals surface area contributed by atoms with Gasteiger partial charge in [-0.15, -0.1) is 0 Å². The van der Waals surface area contributed by atoms with Crippen molar-refractivity contribution in [3.05, 3.63) is 30.2 Å². The summed E-state index contributed by atoms with van der Waals surface area (Å²) in [6.45, 7) is 6.59. The molecule has 0 amide bonds. The molecule has 1 N–H and O–H groups in total. The monoisotopic (exact) mass is 354 g/mol. The van der Waals surface area contributed by atoms with Gasteiger partial charge >= 0.3 is 0 Å². The Morgan fingerprint density at radius 2 is 1.92 bits per heavy atom. The zero-order chi connectivity index (χ0) is 17.6. The smallest absolute Gasteiger partial charge is 0.121 e. The van der Waals surface area contributed by atoms with Gasteiger partial charge in [-0.3, -0.25) is 0 Å². The van der Waals surface area contributed by atoms with Gasteiger partial charge in [-0.1, -0.05) is 6.42 Å². The number of nitrogens with zero attached hydrogens (tertiary/aromatic N) is 3. The summed E-state index contributed by atoms with van der Waals surface area (Å²) in [6.07, 6.45) is 9.20. The first-order chi connectivity index (χ1) is 12.9. The second-order valence-electron chi connectivity index (χ2n) is 7.57. The molecule has 0 radical (unpaired) electrons. The normalized spacial score (nSPS) is 19.7. The maximum Gasteiger partial charge on any atom is 0.121 e. The molecule has 2 aliphatic rings. The quantitative estimate of drug-likeness (QED) is 0.806. The van der Waals surface area contributed by atoms with E-state index in [0.717, 1.165) is 56.8 Å². The highest BCUT2D eigenvalue weighted by Gasteiger charge is 2.19. The van der Waals surface area contributed by atoms with Crippen LogP contribution in [0.5, 0.6) is 5.75 Å². The molecule has 1 aromatic heterocycles. The van der Waals surface area contributed by atoms with E-state index in [4.69, 9.17) is 4.74 Å². The molecular formula is C21H30N4O. The van der Waals surface area contributed by atoms with Gasteiger partial charge in [-0.25, -0.2) is 9.97 Å². The third kappa shape index (κ3) is 4.33. The summed E-state index contributed by atoms with van der Waals surface area (Å²) in [6, 6.07) is 6.30. The summed E-state index contributed by atoms with van der Waals surface area (Å²) in [4.78, 5) is 11.6. The predicted octanol–water partition coefficient (Wildman–Crippen LogP) is 3.35. The summed E-state index contributed by atoms with van der Waals surface area (Å²) in [5.41, 5.74) is 2.20. The van der Waals surface area contributed by atoms with Crippen LogP contribution in [0.2, 0.25) is 0 Å². The highest BCUT2D eigenvalue weighted by molar-refractivity contribution is 5.82. The van der Waals surface area contributed by atoms with Crippen molar-refractivity contribution in [3.8, 4) is 5.75 Å². The van der Waals surface area contributed by atoms with Crippen molar-refractivity contribution in [1.82, 2.24) is 20.2 Å². The molecular weight excluding hydrogens is 324 g/mol. The lowest BCUT2D eigenvalue weighted by molar-refractivity contribution is 0.205. The van der Waals surface area contributed by atoms with Gasteiger partial charge in [0.05, 0.1) is 17.8 Å². The molecule has 0 aliphatic carbocycles. The van der Waals surface area contributed by atoms with Gasteiger partial charge in [0.25, 0.3) is 0 Å².